The van der Waals surface area contributed by atoms with E-state index >= 15 is 0 Å². The van der Waals surface area contributed by atoms with Gasteiger partial charge in [-0.1, -0.05) is 6.58 Å². The van der Waals surface area contributed by atoms with Crippen LogP contribution in [-0.2, 0) is 9.59 Å². The first-order chi connectivity index (χ1) is 4.54. The maximum Gasteiger partial charge on any atom is 0.303 e. The van der Waals surface area contributed by atoms with Crippen LogP contribution in [0.5, 0.6) is 0 Å². The molecule has 0 aliphatic rings. The van der Waals surface area contributed by atoms with Crippen molar-refractivity contribution in [2.45, 2.75) is 12.8 Å². The van der Waals surface area contributed by atoms with Crippen LogP contribution >= 0.6 is 0 Å². The lowest BCUT2D eigenvalue weighted by Crippen LogP contribution is -2.13. The van der Waals surface area contributed by atoms with E-state index in [1.807, 2.05) is 0 Å². The highest BCUT2D eigenvalue weighted by Crippen LogP contribution is 1.99. The molecule has 0 radical (unpaired) electrons. The molecule has 0 heterocycles. The molecule has 4 nitrogen and oxygen atoms in total. The highest BCUT2D eigenvalue weighted by atomic mass is 16.4. The predicted molar refractivity (Wildman–Crippen MR) is 35.2 cm³/mol. The zero-order valence-electron chi connectivity index (χ0n) is 5.46. The molecule has 10 heavy (non-hydrogen) atoms. The lowest BCUT2D eigenvalue weighted by molar-refractivity contribution is -0.136. The summed E-state index contributed by atoms with van der Waals surface area (Å²) in [4.78, 5) is 20.2. The molecule has 4 heteroatoms. The Balaban J connectivity index is 3.60. The summed E-state index contributed by atoms with van der Waals surface area (Å²) in [6, 6.07) is 0. The molecule has 0 aliphatic heterocycles. The van der Waals surface area contributed by atoms with Gasteiger partial charge in [0.1, 0.15) is 0 Å². The molecule has 0 aromatic rings. The van der Waals surface area contributed by atoms with Crippen LogP contribution in [0.4, 0.5) is 0 Å². The molecule has 0 aliphatic carbocycles. The van der Waals surface area contributed by atoms with Crippen LogP contribution in [-0.4, -0.2) is 17.0 Å². The Bertz CT molecular complexity index is 174. The lowest BCUT2D eigenvalue weighted by Gasteiger charge is -1.95. The third-order valence-corrected chi connectivity index (χ3v) is 0.989. The van der Waals surface area contributed by atoms with E-state index < -0.39 is 11.9 Å². The van der Waals surface area contributed by atoms with Gasteiger partial charge in [-0.15, -0.1) is 0 Å². The van der Waals surface area contributed by atoms with Gasteiger partial charge in [0.05, 0.1) is 0 Å². The standard InChI is InChI=1S/C6H9NO3/c1-4(6(7)10)2-3-5(8)9/h1-3H2,(H2,7,10)(H,8,9). The van der Waals surface area contributed by atoms with Crippen molar-refractivity contribution in [2.75, 3.05) is 0 Å². The molecular formula is C6H9NO3. The molecule has 0 aromatic heterocycles. The van der Waals surface area contributed by atoms with Crippen LogP contribution in [0.25, 0.3) is 0 Å². The molecule has 0 rings (SSSR count). The van der Waals surface area contributed by atoms with Crippen molar-refractivity contribution in [3.05, 3.63) is 12.2 Å². The highest BCUT2D eigenvalue weighted by molar-refractivity contribution is 5.91. The lowest BCUT2D eigenvalue weighted by atomic mass is 10.1. The van der Waals surface area contributed by atoms with Gasteiger partial charge in [-0.2, -0.15) is 0 Å². The van der Waals surface area contributed by atoms with Gasteiger partial charge >= 0.3 is 5.97 Å². The molecule has 0 saturated carbocycles. The number of hydrogen-bond donors (Lipinski definition) is 2. The Kier molecular flexibility index (Phi) is 3.17. The molecule has 0 bridgehead atoms. The van der Waals surface area contributed by atoms with E-state index in [4.69, 9.17) is 10.8 Å². The van der Waals surface area contributed by atoms with Crippen LogP contribution in [0, 0.1) is 0 Å². The molecule has 0 saturated heterocycles. The van der Waals surface area contributed by atoms with E-state index in [-0.39, 0.29) is 18.4 Å². The van der Waals surface area contributed by atoms with Crippen molar-refractivity contribution < 1.29 is 14.7 Å². The van der Waals surface area contributed by atoms with Crippen LogP contribution in [0.15, 0.2) is 12.2 Å². The van der Waals surface area contributed by atoms with E-state index in [9.17, 15) is 9.59 Å². The third-order valence-electron chi connectivity index (χ3n) is 0.989. The SMILES string of the molecule is C=C(CCC(=O)O)C(N)=O. The third kappa shape index (κ3) is 3.65. The van der Waals surface area contributed by atoms with Crippen LogP contribution in [0.2, 0.25) is 0 Å². The van der Waals surface area contributed by atoms with Crippen molar-refractivity contribution in [3.8, 4) is 0 Å². The van der Waals surface area contributed by atoms with Gasteiger partial charge in [-0.05, 0) is 6.42 Å². The number of primary amides is 1. The second-order valence-electron chi connectivity index (χ2n) is 1.86. The van der Waals surface area contributed by atoms with Gasteiger partial charge in [0.2, 0.25) is 5.91 Å². The first-order valence-corrected chi connectivity index (χ1v) is 2.73. The summed E-state index contributed by atoms with van der Waals surface area (Å²) >= 11 is 0. The Hall–Kier alpha value is -1.32. The number of aliphatic carboxylic acids is 1. The van der Waals surface area contributed by atoms with Crippen LogP contribution in [0.1, 0.15) is 12.8 Å². The zero-order chi connectivity index (χ0) is 8.15. The smallest absolute Gasteiger partial charge is 0.303 e. The number of carbonyl (C=O) groups is 2. The van der Waals surface area contributed by atoms with E-state index in [2.05, 4.69) is 6.58 Å². The summed E-state index contributed by atoms with van der Waals surface area (Å²) in [6.45, 7) is 3.29. The molecule has 0 unspecified atom stereocenters. The number of carbonyl (C=O) groups excluding carboxylic acids is 1. The van der Waals surface area contributed by atoms with Crippen molar-refractivity contribution in [1.82, 2.24) is 0 Å². The van der Waals surface area contributed by atoms with Crippen LogP contribution < -0.4 is 5.73 Å². The average Bonchev–Trinajstić information content (AvgIpc) is 1.82. The number of carboxylic acids is 1. The molecule has 0 fully saturated rings. The van der Waals surface area contributed by atoms with Crippen molar-refractivity contribution in [2.24, 2.45) is 5.73 Å². The van der Waals surface area contributed by atoms with Crippen molar-refractivity contribution in [1.29, 1.82) is 0 Å². The quantitative estimate of drug-likeness (QED) is 0.539. The first-order valence-electron chi connectivity index (χ1n) is 2.73. The molecule has 0 atom stereocenters. The van der Waals surface area contributed by atoms with Crippen molar-refractivity contribution >= 4 is 11.9 Å². The number of carboxylic acid groups (broad SMARTS) is 1. The zero-order valence-corrected chi connectivity index (χ0v) is 5.46. The summed E-state index contributed by atoms with van der Waals surface area (Å²) in [6.07, 6.45) is 0.0342. The first kappa shape index (κ1) is 8.68. The van der Waals surface area contributed by atoms with E-state index in [1.165, 1.54) is 0 Å². The summed E-state index contributed by atoms with van der Waals surface area (Å²) in [5.74, 6) is -1.59. The number of amides is 1. The average molecular weight is 143 g/mol. The summed E-state index contributed by atoms with van der Waals surface area (Å²) in [5, 5.41) is 8.15. The van der Waals surface area contributed by atoms with E-state index in [0.717, 1.165) is 0 Å². The van der Waals surface area contributed by atoms with Gasteiger partial charge in [0.25, 0.3) is 0 Å². The van der Waals surface area contributed by atoms with Crippen LogP contribution in [0.3, 0.4) is 0 Å². The fourth-order valence-electron chi connectivity index (χ4n) is 0.381. The minimum Gasteiger partial charge on any atom is -0.481 e. The highest BCUT2D eigenvalue weighted by Gasteiger charge is 2.03. The molecule has 3 N–H and O–H groups in total. The summed E-state index contributed by atoms with van der Waals surface area (Å²) in [5.41, 5.74) is 4.95. The molecule has 1 amide bonds. The predicted octanol–water partition coefficient (Wildman–Crippen LogP) is -0.107. The Labute approximate surface area is 58.3 Å². The Morgan fingerprint density at radius 1 is 1.40 bits per heavy atom. The Morgan fingerprint density at radius 3 is 2.20 bits per heavy atom. The maximum atomic E-state index is 10.2. The van der Waals surface area contributed by atoms with Gasteiger partial charge in [-0.25, -0.2) is 0 Å². The minimum absolute atomic E-state index is 0.0955. The number of nitrogens with two attached hydrogens (primary N) is 1. The fourth-order valence-corrected chi connectivity index (χ4v) is 0.381. The Morgan fingerprint density at radius 2 is 1.90 bits per heavy atom. The fraction of sp³-hybridized carbons (Fsp3) is 0.333. The maximum absolute atomic E-state index is 10.2. The normalized spacial score (nSPS) is 8.80. The number of rotatable bonds is 4. The monoisotopic (exact) mass is 143 g/mol. The van der Waals surface area contributed by atoms with Gasteiger partial charge in [0.15, 0.2) is 0 Å². The molecule has 0 spiro atoms. The largest absolute Gasteiger partial charge is 0.481 e. The van der Waals surface area contributed by atoms with E-state index in [0.29, 0.717) is 0 Å². The minimum atomic E-state index is -0.956. The summed E-state index contributed by atoms with van der Waals surface area (Å²) in [7, 11) is 0. The van der Waals surface area contributed by atoms with Gasteiger partial charge < -0.3 is 10.8 Å². The van der Waals surface area contributed by atoms with Gasteiger partial charge in [0, 0.05) is 12.0 Å². The second-order valence-corrected chi connectivity index (χ2v) is 1.86. The summed E-state index contributed by atoms with van der Waals surface area (Å²) < 4.78 is 0. The molecule has 56 valence electrons. The van der Waals surface area contributed by atoms with E-state index in [1.54, 1.807) is 0 Å². The van der Waals surface area contributed by atoms with Crippen molar-refractivity contribution in [3.63, 3.8) is 0 Å². The molecule has 0 aromatic carbocycles. The molecular weight excluding hydrogens is 134 g/mol. The van der Waals surface area contributed by atoms with Gasteiger partial charge in [-0.3, -0.25) is 9.59 Å². The topological polar surface area (TPSA) is 80.4 Å². The second kappa shape index (κ2) is 3.66. The number of hydrogen-bond acceptors (Lipinski definition) is 2.